The van der Waals surface area contributed by atoms with Crippen molar-refractivity contribution in [3.05, 3.63) is 65.4 Å². The van der Waals surface area contributed by atoms with Crippen LogP contribution in [0, 0.1) is 11.8 Å². The van der Waals surface area contributed by atoms with E-state index < -0.39 is 0 Å². The van der Waals surface area contributed by atoms with Crippen LogP contribution in [0.2, 0.25) is 0 Å². The van der Waals surface area contributed by atoms with Gasteiger partial charge in [0.05, 0.1) is 16.0 Å². The molecule has 0 aliphatic carbocycles. The van der Waals surface area contributed by atoms with Gasteiger partial charge in [0.1, 0.15) is 17.3 Å². The van der Waals surface area contributed by atoms with Gasteiger partial charge in [-0.2, -0.15) is 0 Å². The van der Waals surface area contributed by atoms with Crippen LogP contribution in [0.3, 0.4) is 0 Å². The Morgan fingerprint density at radius 1 is 1.07 bits per heavy atom. The lowest BCUT2D eigenvalue weighted by Gasteiger charge is -2.22. The van der Waals surface area contributed by atoms with E-state index in [1.165, 1.54) is 0 Å². The van der Waals surface area contributed by atoms with E-state index in [0.717, 1.165) is 32.5 Å². The van der Waals surface area contributed by atoms with Crippen molar-refractivity contribution < 1.29 is 5.11 Å². The second-order valence-electron chi connectivity index (χ2n) is 7.45. The molecule has 0 fully saturated rings. The highest BCUT2D eigenvalue weighted by molar-refractivity contribution is 7.16. The number of rotatable bonds is 2. The SMILES string of the molecule is CC(C)(C)Nc1c(-c2ccc(C#Cc3ccc(O)cc3)s2)nc2cnccn12. The highest BCUT2D eigenvalue weighted by Crippen LogP contribution is 2.34. The molecule has 1 aromatic carbocycles. The zero-order valence-electron chi connectivity index (χ0n) is 15.9. The van der Waals surface area contributed by atoms with Crippen LogP contribution >= 0.6 is 11.3 Å². The predicted molar refractivity (Wildman–Crippen MR) is 114 cm³/mol. The fourth-order valence-corrected chi connectivity index (χ4v) is 3.61. The fraction of sp³-hybridized carbons (Fsp3) is 0.182. The fourth-order valence-electron chi connectivity index (χ4n) is 2.76. The Labute approximate surface area is 167 Å². The van der Waals surface area contributed by atoms with Gasteiger partial charge in [0, 0.05) is 23.5 Å². The van der Waals surface area contributed by atoms with Crippen LogP contribution in [0.5, 0.6) is 5.75 Å². The van der Waals surface area contributed by atoms with Crippen molar-refractivity contribution in [3.8, 4) is 28.2 Å². The molecule has 0 aliphatic rings. The maximum Gasteiger partial charge on any atom is 0.157 e. The molecule has 6 heteroatoms. The lowest BCUT2D eigenvalue weighted by atomic mass is 10.1. The number of phenols is 1. The van der Waals surface area contributed by atoms with E-state index in [1.807, 2.05) is 16.7 Å². The second-order valence-corrected chi connectivity index (χ2v) is 8.53. The summed E-state index contributed by atoms with van der Waals surface area (Å²) < 4.78 is 2.02. The van der Waals surface area contributed by atoms with Crippen LogP contribution in [-0.2, 0) is 0 Å². The van der Waals surface area contributed by atoms with E-state index in [9.17, 15) is 5.11 Å². The number of thiophene rings is 1. The van der Waals surface area contributed by atoms with Crippen LogP contribution in [0.25, 0.3) is 16.2 Å². The molecule has 3 aromatic heterocycles. The summed E-state index contributed by atoms with van der Waals surface area (Å²) in [6.45, 7) is 6.38. The average Bonchev–Trinajstić information content (AvgIpc) is 3.25. The Morgan fingerprint density at radius 2 is 1.86 bits per heavy atom. The van der Waals surface area contributed by atoms with Gasteiger partial charge < -0.3 is 10.4 Å². The number of nitrogens with zero attached hydrogens (tertiary/aromatic N) is 3. The maximum atomic E-state index is 9.37. The maximum absolute atomic E-state index is 9.37. The van der Waals surface area contributed by atoms with Crippen molar-refractivity contribution >= 4 is 22.8 Å². The third-order valence-electron chi connectivity index (χ3n) is 3.96. The Kier molecular flexibility index (Phi) is 4.54. The minimum atomic E-state index is -0.104. The number of aromatic nitrogens is 3. The number of nitrogens with one attached hydrogen (secondary N) is 1. The largest absolute Gasteiger partial charge is 0.508 e. The zero-order valence-corrected chi connectivity index (χ0v) is 16.7. The summed E-state index contributed by atoms with van der Waals surface area (Å²) in [5.74, 6) is 7.51. The van der Waals surface area contributed by atoms with Crippen LogP contribution < -0.4 is 5.32 Å². The van der Waals surface area contributed by atoms with Gasteiger partial charge in [0.15, 0.2) is 5.65 Å². The topological polar surface area (TPSA) is 62.5 Å². The molecule has 0 aliphatic heterocycles. The molecule has 0 spiro atoms. The normalized spacial score (nSPS) is 11.2. The summed E-state index contributed by atoms with van der Waals surface area (Å²) in [5, 5.41) is 12.9. The van der Waals surface area contributed by atoms with Crippen molar-refractivity contribution in [2.45, 2.75) is 26.3 Å². The summed E-state index contributed by atoms with van der Waals surface area (Å²) in [6, 6.07) is 10.9. The molecule has 0 bridgehead atoms. The van der Waals surface area contributed by atoms with Gasteiger partial charge in [-0.25, -0.2) is 4.98 Å². The summed E-state index contributed by atoms with van der Waals surface area (Å²) >= 11 is 1.60. The molecule has 28 heavy (non-hydrogen) atoms. The van der Waals surface area contributed by atoms with Crippen LogP contribution in [0.15, 0.2) is 55.0 Å². The lowest BCUT2D eigenvalue weighted by molar-refractivity contribution is 0.475. The van der Waals surface area contributed by atoms with Crippen molar-refractivity contribution in [2.75, 3.05) is 5.32 Å². The molecular formula is C22H20N4OS. The highest BCUT2D eigenvalue weighted by atomic mass is 32.1. The Balaban J connectivity index is 1.71. The van der Waals surface area contributed by atoms with E-state index in [-0.39, 0.29) is 11.3 Å². The Morgan fingerprint density at radius 3 is 2.61 bits per heavy atom. The molecule has 0 saturated carbocycles. The van der Waals surface area contributed by atoms with Crippen LogP contribution in [-0.4, -0.2) is 25.0 Å². The monoisotopic (exact) mass is 388 g/mol. The number of hydrogen-bond donors (Lipinski definition) is 2. The summed E-state index contributed by atoms with van der Waals surface area (Å²) in [5.41, 5.74) is 2.45. The molecule has 0 radical (unpaired) electrons. The molecule has 0 saturated heterocycles. The predicted octanol–water partition coefficient (Wildman–Crippen LogP) is 4.77. The quantitative estimate of drug-likeness (QED) is 0.486. The molecule has 2 N–H and O–H groups in total. The van der Waals surface area contributed by atoms with Gasteiger partial charge in [-0.15, -0.1) is 11.3 Å². The summed E-state index contributed by atoms with van der Waals surface area (Å²) in [4.78, 5) is 11.0. The Bertz CT molecular complexity index is 1190. The van der Waals surface area contributed by atoms with Crippen LogP contribution in [0.4, 0.5) is 5.82 Å². The lowest BCUT2D eigenvalue weighted by Crippen LogP contribution is -2.27. The molecule has 4 aromatic rings. The third kappa shape index (κ3) is 3.85. The summed E-state index contributed by atoms with van der Waals surface area (Å²) in [7, 11) is 0. The van der Waals surface area contributed by atoms with E-state index in [0.29, 0.717) is 0 Å². The van der Waals surface area contributed by atoms with Crippen molar-refractivity contribution in [3.63, 3.8) is 0 Å². The van der Waals surface area contributed by atoms with Gasteiger partial charge in [0.2, 0.25) is 0 Å². The molecule has 5 nitrogen and oxygen atoms in total. The van der Waals surface area contributed by atoms with Gasteiger partial charge in [0.25, 0.3) is 0 Å². The number of aromatic hydroxyl groups is 1. The number of anilines is 1. The minimum absolute atomic E-state index is 0.104. The smallest absolute Gasteiger partial charge is 0.157 e. The van der Waals surface area contributed by atoms with Gasteiger partial charge >= 0.3 is 0 Å². The first kappa shape index (κ1) is 18.1. The Hall–Kier alpha value is -3.30. The molecule has 0 atom stereocenters. The van der Waals surface area contributed by atoms with E-state index >= 15 is 0 Å². The molecule has 4 rings (SSSR count). The molecule has 0 amide bonds. The molecule has 0 unspecified atom stereocenters. The van der Waals surface area contributed by atoms with Gasteiger partial charge in [-0.1, -0.05) is 11.8 Å². The first-order valence-electron chi connectivity index (χ1n) is 8.90. The number of imidazole rings is 1. The summed E-state index contributed by atoms with van der Waals surface area (Å²) in [6.07, 6.45) is 5.44. The van der Waals surface area contributed by atoms with E-state index in [2.05, 4.69) is 49.0 Å². The first-order valence-corrected chi connectivity index (χ1v) is 9.72. The van der Waals surface area contributed by atoms with Crippen molar-refractivity contribution in [1.82, 2.24) is 14.4 Å². The number of phenolic OH excluding ortho intramolecular Hbond substituents is 1. The van der Waals surface area contributed by atoms with E-state index in [1.54, 1.807) is 48.0 Å². The molecular weight excluding hydrogens is 368 g/mol. The average molecular weight is 388 g/mol. The van der Waals surface area contributed by atoms with Crippen LogP contribution in [0.1, 0.15) is 31.2 Å². The number of hydrogen-bond acceptors (Lipinski definition) is 5. The third-order valence-corrected chi connectivity index (χ3v) is 4.97. The minimum Gasteiger partial charge on any atom is -0.508 e. The van der Waals surface area contributed by atoms with Crippen molar-refractivity contribution in [2.24, 2.45) is 0 Å². The standard InChI is InChI=1S/C22H20N4OS/c1-22(2,3)25-21-20(24-19-14-23-12-13-26(19)21)18-11-10-17(28-18)9-6-15-4-7-16(27)8-5-15/h4-5,7-8,10-14,25,27H,1-3H3. The molecule has 3 heterocycles. The van der Waals surface area contributed by atoms with Gasteiger partial charge in [-0.3, -0.25) is 9.38 Å². The van der Waals surface area contributed by atoms with Gasteiger partial charge in [-0.05, 0) is 57.2 Å². The second kappa shape index (κ2) is 7.02. The number of benzene rings is 1. The molecule has 140 valence electrons. The first-order chi connectivity index (χ1) is 13.4. The van der Waals surface area contributed by atoms with Crippen molar-refractivity contribution in [1.29, 1.82) is 0 Å². The number of fused-ring (bicyclic) bond motifs is 1. The van der Waals surface area contributed by atoms with E-state index in [4.69, 9.17) is 4.98 Å². The zero-order chi connectivity index (χ0) is 19.7. The highest BCUT2D eigenvalue weighted by Gasteiger charge is 2.20.